The number of aromatic amines is 1. The molecule has 0 saturated carbocycles. The average Bonchev–Trinajstić information content (AvgIpc) is 2.72. The molecule has 164 valence electrons. The van der Waals surface area contributed by atoms with Crippen LogP contribution in [0.3, 0.4) is 0 Å². The molecule has 0 fully saturated rings. The number of nitrogens with zero attached hydrogens (tertiary/aromatic N) is 2. The lowest BCUT2D eigenvalue weighted by molar-refractivity contribution is 0.0986. The molecule has 2 rings (SSSR count). The fourth-order valence-electron chi connectivity index (χ4n) is 3.38. The fraction of sp³-hybridized carbons (Fsp3) is 0.522. The van der Waals surface area contributed by atoms with Crippen LogP contribution in [-0.2, 0) is 6.54 Å². The Morgan fingerprint density at radius 1 is 1.07 bits per heavy atom. The van der Waals surface area contributed by atoms with E-state index in [-0.39, 0.29) is 17.4 Å². The summed E-state index contributed by atoms with van der Waals surface area (Å²) in [5, 5.41) is 0. The maximum Gasteiger partial charge on any atom is 0.330 e. The van der Waals surface area contributed by atoms with Crippen LogP contribution >= 0.6 is 0 Å². The van der Waals surface area contributed by atoms with Crippen molar-refractivity contribution < 1.29 is 4.79 Å². The predicted octanol–water partition coefficient (Wildman–Crippen LogP) is 3.88. The molecular formula is C23H34N4O3. The molecule has 7 heteroatoms. The van der Waals surface area contributed by atoms with E-state index in [0.29, 0.717) is 24.6 Å². The van der Waals surface area contributed by atoms with Gasteiger partial charge in [-0.05, 0) is 36.5 Å². The first-order valence-corrected chi connectivity index (χ1v) is 10.9. The number of nitrogen functional groups attached to an aromatic ring is 1. The summed E-state index contributed by atoms with van der Waals surface area (Å²) in [4.78, 5) is 42.1. The zero-order valence-corrected chi connectivity index (χ0v) is 18.5. The lowest BCUT2D eigenvalue weighted by Crippen LogP contribution is -2.41. The van der Waals surface area contributed by atoms with Gasteiger partial charge in [-0.2, -0.15) is 0 Å². The van der Waals surface area contributed by atoms with Gasteiger partial charge in [0.05, 0.1) is 0 Å². The molecule has 0 bridgehead atoms. The van der Waals surface area contributed by atoms with Gasteiger partial charge in [-0.15, -0.1) is 0 Å². The molecule has 0 spiro atoms. The smallest absolute Gasteiger partial charge is 0.330 e. The third-order valence-electron chi connectivity index (χ3n) is 5.27. The molecule has 0 unspecified atom stereocenters. The second-order valence-electron chi connectivity index (χ2n) is 7.94. The minimum Gasteiger partial charge on any atom is -0.383 e. The standard InChI is InChI=1S/C23H34N4O3/c1-5-7-9-15-26(22(29)18-12-10-17(11-13-18)16(3)4)19-20(24)27(14-8-6-2)23(30)25-21(19)28/h10-13,16H,5-9,14-15,24H2,1-4H3,(H,25,28,30). The number of H-pyrrole nitrogens is 1. The number of hydrogen-bond donors (Lipinski definition) is 2. The summed E-state index contributed by atoms with van der Waals surface area (Å²) < 4.78 is 1.35. The van der Waals surface area contributed by atoms with Crippen LogP contribution in [0.4, 0.5) is 11.5 Å². The zero-order chi connectivity index (χ0) is 22.3. The van der Waals surface area contributed by atoms with Crippen LogP contribution in [0.15, 0.2) is 33.9 Å². The molecule has 2 aromatic rings. The van der Waals surface area contributed by atoms with Gasteiger partial charge in [0.15, 0.2) is 5.69 Å². The summed E-state index contributed by atoms with van der Waals surface area (Å²) in [7, 11) is 0. The summed E-state index contributed by atoms with van der Waals surface area (Å²) >= 11 is 0. The Hall–Kier alpha value is -2.83. The van der Waals surface area contributed by atoms with Crippen molar-refractivity contribution >= 4 is 17.4 Å². The predicted molar refractivity (Wildman–Crippen MR) is 122 cm³/mol. The van der Waals surface area contributed by atoms with E-state index in [1.807, 2.05) is 19.1 Å². The van der Waals surface area contributed by atoms with Crippen molar-refractivity contribution in [3.63, 3.8) is 0 Å². The Morgan fingerprint density at radius 2 is 1.70 bits per heavy atom. The number of nitrogens with two attached hydrogens (primary N) is 1. The molecule has 0 aliphatic carbocycles. The van der Waals surface area contributed by atoms with E-state index >= 15 is 0 Å². The zero-order valence-electron chi connectivity index (χ0n) is 18.5. The van der Waals surface area contributed by atoms with Crippen LogP contribution in [0.5, 0.6) is 0 Å². The van der Waals surface area contributed by atoms with Gasteiger partial charge >= 0.3 is 5.69 Å². The number of anilines is 2. The normalized spacial score (nSPS) is 11.1. The van der Waals surface area contributed by atoms with E-state index < -0.39 is 11.2 Å². The molecule has 1 amide bonds. The van der Waals surface area contributed by atoms with Crippen molar-refractivity contribution in [1.29, 1.82) is 0 Å². The van der Waals surface area contributed by atoms with Crippen LogP contribution in [0.25, 0.3) is 0 Å². The van der Waals surface area contributed by atoms with E-state index in [1.54, 1.807) is 12.1 Å². The lowest BCUT2D eigenvalue weighted by atomic mass is 10.0. The van der Waals surface area contributed by atoms with Gasteiger partial charge in [-0.3, -0.25) is 19.1 Å². The molecule has 0 radical (unpaired) electrons. The molecule has 0 aliphatic heterocycles. The summed E-state index contributed by atoms with van der Waals surface area (Å²) in [6.45, 7) is 9.02. The fourth-order valence-corrected chi connectivity index (χ4v) is 3.38. The van der Waals surface area contributed by atoms with Gasteiger partial charge in [-0.1, -0.05) is 59.1 Å². The van der Waals surface area contributed by atoms with E-state index in [0.717, 1.165) is 37.7 Å². The quantitative estimate of drug-likeness (QED) is 0.576. The number of unbranched alkanes of at least 4 members (excludes halogenated alkanes) is 3. The van der Waals surface area contributed by atoms with Crippen LogP contribution in [0.2, 0.25) is 0 Å². The van der Waals surface area contributed by atoms with E-state index in [1.165, 1.54) is 9.47 Å². The number of aromatic nitrogens is 2. The first-order valence-electron chi connectivity index (χ1n) is 10.9. The first kappa shape index (κ1) is 23.4. The highest BCUT2D eigenvalue weighted by atomic mass is 16.2. The molecule has 7 nitrogen and oxygen atoms in total. The van der Waals surface area contributed by atoms with E-state index in [2.05, 4.69) is 25.8 Å². The number of carbonyl (C=O) groups is 1. The summed E-state index contributed by atoms with van der Waals surface area (Å²) in [5.41, 5.74) is 6.76. The second-order valence-corrected chi connectivity index (χ2v) is 7.94. The third-order valence-corrected chi connectivity index (χ3v) is 5.27. The first-order chi connectivity index (χ1) is 14.3. The maximum atomic E-state index is 13.4. The largest absolute Gasteiger partial charge is 0.383 e. The van der Waals surface area contributed by atoms with Crippen LogP contribution in [-0.4, -0.2) is 22.0 Å². The molecule has 0 aliphatic rings. The molecule has 30 heavy (non-hydrogen) atoms. The summed E-state index contributed by atoms with van der Waals surface area (Å²) in [5.74, 6) is 0.107. The lowest BCUT2D eigenvalue weighted by Gasteiger charge is -2.25. The van der Waals surface area contributed by atoms with Gasteiger partial charge in [0, 0.05) is 18.7 Å². The second kappa shape index (κ2) is 10.8. The molecule has 3 N–H and O–H groups in total. The SMILES string of the molecule is CCCCCN(C(=O)c1ccc(C(C)C)cc1)c1c(N)n(CCCC)c(=O)[nH]c1=O. The Kier molecular flexibility index (Phi) is 8.45. The highest BCUT2D eigenvalue weighted by Gasteiger charge is 2.25. The number of carbonyl (C=O) groups excluding carboxylic acids is 1. The number of nitrogens with one attached hydrogen (secondary N) is 1. The molecule has 0 atom stereocenters. The maximum absolute atomic E-state index is 13.4. The highest BCUT2D eigenvalue weighted by Crippen LogP contribution is 2.22. The van der Waals surface area contributed by atoms with Gasteiger partial charge in [-0.25, -0.2) is 4.79 Å². The Bertz CT molecular complexity index is 958. The highest BCUT2D eigenvalue weighted by molar-refractivity contribution is 6.07. The van der Waals surface area contributed by atoms with Crippen molar-refractivity contribution in [3.8, 4) is 0 Å². The summed E-state index contributed by atoms with van der Waals surface area (Å²) in [6, 6.07) is 7.42. The summed E-state index contributed by atoms with van der Waals surface area (Å²) in [6.07, 6.45) is 4.26. The van der Waals surface area contributed by atoms with Crippen molar-refractivity contribution in [2.24, 2.45) is 0 Å². The van der Waals surface area contributed by atoms with Gasteiger partial charge in [0.1, 0.15) is 5.82 Å². The van der Waals surface area contributed by atoms with Crippen molar-refractivity contribution in [2.75, 3.05) is 17.2 Å². The molecular weight excluding hydrogens is 380 g/mol. The van der Waals surface area contributed by atoms with Crippen LogP contribution in [0, 0.1) is 0 Å². The van der Waals surface area contributed by atoms with E-state index in [4.69, 9.17) is 5.73 Å². The van der Waals surface area contributed by atoms with Crippen LogP contribution in [0.1, 0.15) is 81.6 Å². The van der Waals surface area contributed by atoms with Crippen molar-refractivity contribution in [1.82, 2.24) is 9.55 Å². The van der Waals surface area contributed by atoms with E-state index in [9.17, 15) is 14.4 Å². The van der Waals surface area contributed by atoms with Gasteiger partial charge < -0.3 is 10.6 Å². The Labute approximate surface area is 177 Å². The number of benzene rings is 1. The van der Waals surface area contributed by atoms with Crippen molar-refractivity contribution in [2.45, 2.75) is 72.3 Å². The topological polar surface area (TPSA) is 101 Å². The number of hydrogen-bond acceptors (Lipinski definition) is 4. The third kappa shape index (κ3) is 5.40. The monoisotopic (exact) mass is 414 g/mol. The van der Waals surface area contributed by atoms with Crippen molar-refractivity contribution in [3.05, 3.63) is 56.2 Å². The molecule has 1 aromatic carbocycles. The van der Waals surface area contributed by atoms with Crippen LogP contribution < -0.4 is 21.9 Å². The minimum absolute atomic E-state index is 0.0425. The average molecular weight is 415 g/mol. The Balaban J connectivity index is 2.52. The molecule has 1 aromatic heterocycles. The number of rotatable bonds is 10. The van der Waals surface area contributed by atoms with Gasteiger partial charge in [0.2, 0.25) is 0 Å². The molecule has 0 saturated heterocycles. The number of amides is 1. The Morgan fingerprint density at radius 3 is 2.27 bits per heavy atom. The molecule has 1 heterocycles. The van der Waals surface area contributed by atoms with Gasteiger partial charge in [0.25, 0.3) is 11.5 Å². The minimum atomic E-state index is -0.631.